The van der Waals surface area contributed by atoms with Gasteiger partial charge >= 0.3 is 0 Å². The molecule has 0 spiro atoms. The summed E-state index contributed by atoms with van der Waals surface area (Å²) in [7, 11) is 0. The van der Waals surface area contributed by atoms with Crippen LogP contribution in [0.4, 0.5) is 0 Å². The highest BCUT2D eigenvalue weighted by molar-refractivity contribution is 5.22. The first-order valence-corrected chi connectivity index (χ1v) is 2.90. The van der Waals surface area contributed by atoms with Gasteiger partial charge < -0.3 is 0 Å². The minimum absolute atomic E-state index is 0.139. The Morgan fingerprint density at radius 3 is 2.75 bits per heavy atom. The highest BCUT2D eigenvalue weighted by Crippen LogP contribution is 2.26. The molecule has 0 heterocycles. The number of hydrogen-bond acceptors (Lipinski definition) is 0. The van der Waals surface area contributed by atoms with Gasteiger partial charge in [-0.25, -0.2) is 0 Å². The summed E-state index contributed by atoms with van der Waals surface area (Å²) in [6, 6.07) is 0. The molecule has 1 atom stereocenters. The molecular formula is C8H10. The normalized spacial score (nSPS) is 33.6. The van der Waals surface area contributed by atoms with Crippen molar-refractivity contribution in [3.05, 3.63) is 12.7 Å². The molecule has 0 saturated carbocycles. The molecule has 8 heavy (non-hydrogen) atoms. The van der Waals surface area contributed by atoms with Gasteiger partial charge in [0.25, 0.3) is 0 Å². The van der Waals surface area contributed by atoms with E-state index in [4.69, 9.17) is 0 Å². The topological polar surface area (TPSA) is 0 Å². The van der Waals surface area contributed by atoms with Crippen molar-refractivity contribution in [1.82, 2.24) is 0 Å². The Balaban J connectivity index is 2.72. The lowest BCUT2D eigenvalue weighted by molar-refractivity contribution is 0.554. The Kier molecular flexibility index (Phi) is 1.13. The molecule has 0 N–H and O–H groups in total. The molecular weight excluding hydrogens is 96.1 g/mol. The van der Waals surface area contributed by atoms with Gasteiger partial charge in [-0.2, -0.15) is 0 Å². The van der Waals surface area contributed by atoms with Crippen LogP contribution in [0.3, 0.4) is 0 Å². The van der Waals surface area contributed by atoms with Crippen molar-refractivity contribution in [2.45, 2.75) is 19.8 Å². The molecule has 1 rings (SSSR count). The zero-order valence-electron chi connectivity index (χ0n) is 5.20. The molecule has 42 valence electrons. The Hall–Kier alpha value is -0.700. The second-order valence-corrected chi connectivity index (χ2v) is 2.42. The minimum Gasteiger partial charge on any atom is -0.102 e. The van der Waals surface area contributed by atoms with Crippen molar-refractivity contribution in [1.29, 1.82) is 0 Å². The highest BCUT2D eigenvalue weighted by Gasteiger charge is 2.18. The fraction of sp³-hybridized carbons (Fsp3) is 0.500. The molecule has 0 fully saturated rings. The van der Waals surface area contributed by atoms with Crippen molar-refractivity contribution in [2.75, 3.05) is 0 Å². The highest BCUT2D eigenvalue weighted by atomic mass is 14.2. The minimum atomic E-state index is 0.139. The number of rotatable bonds is 1. The smallest absolute Gasteiger partial charge is 0.0472 e. The maximum atomic E-state index is 3.71. The van der Waals surface area contributed by atoms with E-state index in [9.17, 15) is 0 Å². The summed E-state index contributed by atoms with van der Waals surface area (Å²) in [5, 5.41) is 0. The average molecular weight is 106 g/mol. The summed E-state index contributed by atoms with van der Waals surface area (Å²) in [4.78, 5) is 0. The Morgan fingerprint density at radius 2 is 2.50 bits per heavy atom. The van der Waals surface area contributed by atoms with Crippen LogP contribution < -0.4 is 0 Å². The summed E-state index contributed by atoms with van der Waals surface area (Å²) in [5.74, 6) is 6.16. The van der Waals surface area contributed by atoms with Crippen LogP contribution in [0, 0.1) is 17.3 Å². The molecule has 0 radical (unpaired) electrons. The van der Waals surface area contributed by atoms with Gasteiger partial charge in [0.05, 0.1) is 0 Å². The van der Waals surface area contributed by atoms with Crippen LogP contribution in [0.1, 0.15) is 19.8 Å². The molecule has 1 aliphatic rings. The lowest BCUT2D eigenvalue weighted by Crippen LogP contribution is -2.04. The van der Waals surface area contributed by atoms with Crippen LogP contribution in [0.2, 0.25) is 0 Å². The van der Waals surface area contributed by atoms with Gasteiger partial charge in [0.2, 0.25) is 0 Å². The van der Waals surface area contributed by atoms with Crippen LogP contribution in [0.5, 0.6) is 0 Å². The molecule has 0 nitrogen and oxygen atoms in total. The van der Waals surface area contributed by atoms with E-state index in [1.54, 1.807) is 0 Å². The lowest BCUT2D eigenvalue weighted by atomic mass is 9.91. The van der Waals surface area contributed by atoms with E-state index in [0.717, 1.165) is 12.8 Å². The molecule has 0 aliphatic heterocycles. The monoisotopic (exact) mass is 106 g/mol. The van der Waals surface area contributed by atoms with Gasteiger partial charge in [-0.3, -0.25) is 0 Å². The van der Waals surface area contributed by atoms with Crippen molar-refractivity contribution in [3.8, 4) is 11.8 Å². The SMILES string of the molecule is C=CC1(C)C#CCC1. The van der Waals surface area contributed by atoms with Gasteiger partial charge in [0.1, 0.15) is 0 Å². The van der Waals surface area contributed by atoms with Gasteiger partial charge in [-0.05, 0) is 13.3 Å². The maximum absolute atomic E-state index is 3.71. The molecule has 1 aliphatic carbocycles. The Bertz CT molecular complexity index is 157. The summed E-state index contributed by atoms with van der Waals surface area (Å²) in [6.45, 7) is 5.84. The number of allylic oxidation sites excluding steroid dienone is 1. The third-order valence-electron chi connectivity index (χ3n) is 1.59. The summed E-state index contributed by atoms with van der Waals surface area (Å²) < 4.78 is 0. The van der Waals surface area contributed by atoms with Gasteiger partial charge in [0, 0.05) is 11.8 Å². The van der Waals surface area contributed by atoms with E-state index >= 15 is 0 Å². The second-order valence-electron chi connectivity index (χ2n) is 2.42. The van der Waals surface area contributed by atoms with E-state index in [1.165, 1.54) is 0 Å². The second kappa shape index (κ2) is 1.67. The van der Waals surface area contributed by atoms with Crippen LogP contribution in [-0.2, 0) is 0 Å². The largest absolute Gasteiger partial charge is 0.102 e. The van der Waals surface area contributed by atoms with E-state index < -0.39 is 0 Å². The van der Waals surface area contributed by atoms with Crippen LogP contribution >= 0.6 is 0 Å². The third-order valence-corrected chi connectivity index (χ3v) is 1.59. The third kappa shape index (κ3) is 0.767. The van der Waals surface area contributed by atoms with E-state index in [1.807, 2.05) is 6.08 Å². The fourth-order valence-electron chi connectivity index (χ4n) is 0.802. The van der Waals surface area contributed by atoms with Gasteiger partial charge in [-0.15, -0.1) is 12.5 Å². The van der Waals surface area contributed by atoms with Crippen molar-refractivity contribution in [2.24, 2.45) is 5.41 Å². The maximum Gasteiger partial charge on any atom is 0.0472 e. The number of hydrogen-bond donors (Lipinski definition) is 0. The van der Waals surface area contributed by atoms with Crippen LogP contribution in [-0.4, -0.2) is 0 Å². The van der Waals surface area contributed by atoms with Gasteiger partial charge in [-0.1, -0.05) is 12.0 Å². The summed E-state index contributed by atoms with van der Waals surface area (Å²) >= 11 is 0. The zero-order chi connectivity index (χ0) is 6.04. The Labute approximate surface area is 50.6 Å². The average Bonchev–Trinajstić information content (AvgIpc) is 2.17. The van der Waals surface area contributed by atoms with Crippen molar-refractivity contribution in [3.63, 3.8) is 0 Å². The van der Waals surface area contributed by atoms with Crippen molar-refractivity contribution < 1.29 is 0 Å². The van der Waals surface area contributed by atoms with Crippen molar-refractivity contribution >= 4 is 0 Å². The zero-order valence-corrected chi connectivity index (χ0v) is 5.20. The molecule has 0 saturated heterocycles. The molecule has 0 aromatic carbocycles. The quantitative estimate of drug-likeness (QED) is 0.354. The van der Waals surface area contributed by atoms with E-state index in [0.29, 0.717) is 0 Å². The first kappa shape index (κ1) is 5.44. The molecule has 0 aromatic heterocycles. The summed E-state index contributed by atoms with van der Waals surface area (Å²) in [5.41, 5.74) is 0.139. The predicted octanol–water partition coefficient (Wildman–Crippen LogP) is 1.98. The molecule has 1 unspecified atom stereocenters. The molecule has 0 bridgehead atoms. The standard InChI is InChI=1S/C8H10/c1-3-8(2)6-4-5-7-8/h3H,1,4,6H2,2H3. The lowest BCUT2D eigenvalue weighted by Gasteiger charge is -2.11. The Morgan fingerprint density at radius 1 is 1.75 bits per heavy atom. The summed E-state index contributed by atoms with van der Waals surface area (Å²) in [6.07, 6.45) is 4.12. The van der Waals surface area contributed by atoms with Crippen LogP contribution in [0.25, 0.3) is 0 Å². The molecule has 0 amide bonds. The van der Waals surface area contributed by atoms with Crippen LogP contribution in [0.15, 0.2) is 12.7 Å². The molecule has 0 heteroatoms. The van der Waals surface area contributed by atoms with E-state index in [-0.39, 0.29) is 5.41 Å². The van der Waals surface area contributed by atoms with E-state index in [2.05, 4.69) is 25.3 Å². The fourth-order valence-corrected chi connectivity index (χ4v) is 0.802. The predicted molar refractivity (Wildman–Crippen MR) is 35.3 cm³/mol. The first-order valence-electron chi connectivity index (χ1n) is 2.90. The first-order chi connectivity index (χ1) is 3.77. The van der Waals surface area contributed by atoms with Gasteiger partial charge in [0.15, 0.2) is 0 Å². The molecule has 0 aromatic rings.